The van der Waals surface area contributed by atoms with Crippen LogP contribution in [0.5, 0.6) is 23.0 Å². The monoisotopic (exact) mass is 547 g/mol. The normalized spacial score (nSPS) is 16.9. The second-order valence-corrected chi connectivity index (χ2v) is 12.3. The summed E-state index contributed by atoms with van der Waals surface area (Å²) in [4.78, 5) is 12.5. The van der Waals surface area contributed by atoms with Crippen molar-refractivity contribution in [3.8, 4) is 34.1 Å². The molecule has 8 rings (SSSR count). The van der Waals surface area contributed by atoms with Crippen molar-refractivity contribution < 1.29 is 9.47 Å². The van der Waals surface area contributed by atoms with Crippen molar-refractivity contribution in [2.45, 2.75) is 38.8 Å². The molecule has 0 bridgehead atoms. The number of anilines is 1. The van der Waals surface area contributed by atoms with E-state index in [1.54, 1.807) is 0 Å². The first-order valence-electron chi connectivity index (χ1n) is 14.5. The fourth-order valence-corrected chi connectivity index (χ4v) is 6.44. The van der Waals surface area contributed by atoms with Gasteiger partial charge in [-0.05, 0) is 86.6 Å². The molecule has 4 heterocycles. The van der Waals surface area contributed by atoms with Crippen LogP contribution < -0.4 is 30.8 Å². The standard InChI is InChI=1S/C36H30BN3O2/c1-35(2)36(3,4)40(25-12-6-5-7-13-25)34(39-35)28-19-18-23(22-38-28)24-20-31-33-32(21-24)42-30-17-11-9-15-27(30)37(33)26-14-8-10-16-29(26)41-31/h5-22H,1-4H3. The molecule has 0 N–H and O–H groups in total. The molecule has 5 nitrogen and oxygen atoms in total. The lowest BCUT2D eigenvalue weighted by molar-refractivity contribution is 0.338. The minimum atomic E-state index is -0.294. The zero-order valence-corrected chi connectivity index (χ0v) is 24.1. The molecule has 0 atom stereocenters. The van der Waals surface area contributed by atoms with Crippen LogP contribution >= 0.6 is 0 Å². The molecule has 5 aromatic rings. The molecule has 0 aliphatic carbocycles. The Bertz CT molecular complexity index is 1830. The first kappa shape index (κ1) is 24.9. The predicted octanol–water partition coefficient (Wildman–Crippen LogP) is 6.30. The minimum absolute atomic E-state index is 0.0653. The maximum absolute atomic E-state index is 6.49. The van der Waals surface area contributed by atoms with Crippen molar-refractivity contribution in [1.82, 2.24) is 4.98 Å². The maximum atomic E-state index is 6.49. The van der Waals surface area contributed by atoms with E-state index in [9.17, 15) is 0 Å². The van der Waals surface area contributed by atoms with E-state index in [-0.39, 0.29) is 17.8 Å². The third-order valence-electron chi connectivity index (χ3n) is 9.29. The molecular weight excluding hydrogens is 517 g/mol. The lowest BCUT2D eigenvalue weighted by Crippen LogP contribution is -2.57. The number of nitrogens with zero attached hydrogens (tertiary/aromatic N) is 3. The molecule has 4 aromatic carbocycles. The third-order valence-corrected chi connectivity index (χ3v) is 9.29. The highest BCUT2D eigenvalue weighted by Crippen LogP contribution is 2.42. The van der Waals surface area contributed by atoms with Crippen LogP contribution in [0.3, 0.4) is 0 Å². The van der Waals surface area contributed by atoms with E-state index in [1.165, 1.54) is 0 Å². The number of pyridine rings is 1. The molecule has 6 heteroatoms. The number of hydrogen-bond acceptors (Lipinski definition) is 5. The van der Waals surface area contributed by atoms with Gasteiger partial charge in [-0.3, -0.25) is 9.98 Å². The average Bonchev–Trinajstić information content (AvgIpc) is 3.20. The smallest absolute Gasteiger partial charge is 0.260 e. The summed E-state index contributed by atoms with van der Waals surface area (Å²) in [5.74, 6) is 4.29. The average molecular weight is 547 g/mol. The minimum Gasteiger partial charge on any atom is -0.458 e. The van der Waals surface area contributed by atoms with Crippen molar-refractivity contribution in [3.05, 3.63) is 115 Å². The number of rotatable bonds is 3. The first-order valence-corrected chi connectivity index (χ1v) is 14.5. The summed E-state index contributed by atoms with van der Waals surface area (Å²) >= 11 is 0. The SMILES string of the molecule is CC1(C)N=C(c2ccc(-c3cc4c5c(c3)Oc3ccccc3B5c3ccccc3O4)cn2)N(c2ccccc2)C1(C)C. The van der Waals surface area contributed by atoms with Gasteiger partial charge in [0.25, 0.3) is 6.71 Å². The zero-order valence-electron chi connectivity index (χ0n) is 24.1. The third kappa shape index (κ3) is 3.57. The maximum Gasteiger partial charge on any atom is 0.260 e. The molecule has 204 valence electrons. The van der Waals surface area contributed by atoms with Crippen molar-refractivity contribution in [2.24, 2.45) is 4.99 Å². The Morgan fingerprint density at radius 2 is 1.24 bits per heavy atom. The summed E-state index contributed by atoms with van der Waals surface area (Å²) in [5, 5.41) is 0. The van der Waals surface area contributed by atoms with Crippen molar-refractivity contribution in [2.75, 3.05) is 4.90 Å². The molecular formula is C36H30BN3O2. The number of fused-ring (bicyclic) bond motifs is 4. The van der Waals surface area contributed by atoms with E-state index in [0.717, 1.165) is 67.7 Å². The summed E-state index contributed by atoms with van der Waals surface area (Å²) in [6.07, 6.45) is 1.93. The lowest BCUT2D eigenvalue weighted by atomic mass is 9.35. The summed E-state index contributed by atoms with van der Waals surface area (Å²) < 4.78 is 13.0. The van der Waals surface area contributed by atoms with E-state index in [1.807, 2.05) is 36.5 Å². The molecule has 0 unspecified atom stereocenters. The molecule has 0 spiro atoms. The zero-order chi connectivity index (χ0) is 28.6. The van der Waals surface area contributed by atoms with Crippen molar-refractivity contribution in [1.29, 1.82) is 0 Å². The van der Waals surface area contributed by atoms with Gasteiger partial charge in [-0.25, -0.2) is 0 Å². The molecule has 42 heavy (non-hydrogen) atoms. The van der Waals surface area contributed by atoms with Gasteiger partial charge in [0.1, 0.15) is 28.7 Å². The van der Waals surface area contributed by atoms with Gasteiger partial charge in [0.15, 0.2) is 5.84 Å². The topological polar surface area (TPSA) is 47.0 Å². The molecule has 0 fully saturated rings. The van der Waals surface area contributed by atoms with Crippen molar-refractivity contribution >= 4 is 34.6 Å². The van der Waals surface area contributed by atoms with Crippen LogP contribution in [0.4, 0.5) is 5.69 Å². The van der Waals surface area contributed by atoms with Gasteiger partial charge in [-0.2, -0.15) is 0 Å². The molecule has 0 radical (unpaired) electrons. The predicted molar refractivity (Wildman–Crippen MR) is 171 cm³/mol. The fourth-order valence-electron chi connectivity index (χ4n) is 6.44. The largest absolute Gasteiger partial charge is 0.458 e. The van der Waals surface area contributed by atoms with E-state index >= 15 is 0 Å². The van der Waals surface area contributed by atoms with Gasteiger partial charge in [0.05, 0.1) is 11.1 Å². The van der Waals surface area contributed by atoms with E-state index in [2.05, 4.69) is 105 Å². The molecule has 3 aliphatic rings. The summed E-state index contributed by atoms with van der Waals surface area (Å²) in [6.45, 7) is 8.93. The number of ether oxygens (including phenoxy) is 2. The Balaban J connectivity index is 1.20. The number of hydrogen-bond donors (Lipinski definition) is 0. The van der Waals surface area contributed by atoms with Crippen LogP contribution in [0.1, 0.15) is 33.4 Å². The van der Waals surface area contributed by atoms with Crippen molar-refractivity contribution in [3.63, 3.8) is 0 Å². The fraction of sp³-hybridized carbons (Fsp3) is 0.167. The van der Waals surface area contributed by atoms with E-state index in [4.69, 9.17) is 19.5 Å². The van der Waals surface area contributed by atoms with Crippen LogP contribution in [0.25, 0.3) is 11.1 Å². The number of para-hydroxylation sites is 3. The summed E-state index contributed by atoms with van der Waals surface area (Å²) in [7, 11) is 0. The van der Waals surface area contributed by atoms with Crippen LogP contribution in [-0.2, 0) is 0 Å². The van der Waals surface area contributed by atoms with Crippen LogP contribution in [0.2, 0.25) is 0 Å². The van der Waals surface area contributed by atoms with Gasteiger partial charge in [-0.1, -0.05) is 60.7 Å². The summed E-state index contributed by atoms with van der Waals surface area (Å²) in [5.41, 5.74) is 6.80. The Morgan fingerprint density at radius 3 is 1.83 bits per heavy atom. The molecule has 3 aliphatic heterocycles. The molecule has 0 amide bonds. The number of amidine groups is 1. The second kappa shape index (κ2) is 8.83. The molecule has 1 aromatic heterocycles. The Morgan fingerprint density at radius 1 is 0.643 bits per heavy atom. The van der Waals surface area contributed by atoms with E-state index in [0.29, 0.717) is 0 Å². The van der Waals surface area contributed by atoms with Gasteiger partial charge in [0, 0.05) is 22.9 Å². The highest BCUT2D eigenvalue weighted by molar-refractivity contribution is 6.98. The molecule has 0 saturated heterocycles. The number of aliphatic imine (C=N–C) groups is 1. The van der Waals surface area contributed by atoms with E-state index < -0.39 is 0 Å². The van der Waals surface area contributed by atoms with Gasteiger partial charge < -0.3 is 14.4 Å². The lowest BCUT2D eigenvalue weighted by Gasteiger charge is -2.41. The summed E-state index contributed by atoms with van der Waals surface area (Å²) in [6, 6.07) is 35.4. The highest BCUT2D eigenvalue weighted by Gasteiger charge is 2.50. The number of benzene rings is 4. The highest BCUT2D eigenvalue weighted by atomic mass is 16.5. The van der Waals surface area contributed by atoms with Gasteiger partial charge in [-0.15, -0.1) is 0 Å². The quantitative estimate of drug-likeness (QED) is 0.244. The molecule has 0 saturated carbocycles. The second-order valence-electron chi connectivity index (χ2n) is 12.3. The van der Waals surface area contributed by atoms with Crippen LogP contribution in [0, 0.1) is 0 Å². The number of aromatic nitrogens is 1. The Labute approximate surface area is 246 Å². The Kier molecular flexibility index (Phi) is 5.24. The Hall–Kier alpha value is -4.84. The van der Waals surface area contributed by atoms with Gasteiger partial charge >= 0.3 is 0 Å². The van der Waals surface area contributed by atoms with Crippen LogP contribution in [-0.4, -0.2) is 28.6 Å². The first-order chi connectivity index (χ1) is 20.3. The van der Waals surface area contributed by atoms with Crippen LogP contribution in [0.15, 0.2) is 114 Å². The van der Waals surface area contributed by atoms with Gasteiger partial charge in [0.2, 0.25) is 0 Å².